The molecule has 0 saturated carbocycles. The summed E-state index contributed by atoms with van der Waals surface area (Å²) in [6, 6.07) is 9.64. The number of nitrogens with zero attached hydrogens (tertiary/aromatic N) is 2. The van der Waals surface area contributed by atoms with Crippen LogP contribution in [-0.4, -0.2) is 23.3 Å². The van der Waals surface area contributed by atoms with E-state index in [1.807, 2.05) is 44.2 Å². The summed E-state index contributed by atoms with van der Waals surface area (Å²) in [6.45, 7) is 5.89. The Labute approximate surface area is 142 Å². The second-order valence-electron chi connectivity index (χ2n) is 5.68. The van der Waals surface area contributed by atoms with Gasteiger partial charge in [0.15, 0.2) is 0 Å². The Hall–Kier alpha value is -2.69. The van der Waals surface area contributed by atoms with Crippen LogP contribution in [0, 0.1) is 6.92 Å². The Morgan fingerprint density at radius 2 is 2.00 bits per heavy atom. The zero-order valence-corrected chi connectivity index (χ0v) is 14.4. The normalized spacial score (nSPS) is 10.3. The molecule has 0 radical (unpaired) electrons. The number of hydrogen-bond donors (Lipinski definition) is 1. The lowest BCUT2D eigenvalue weighted by Crippen LogP contribution is -2.40. The van der Waals surface area contributed by atoms with Gasteiger partial charge in [0.2, 0.25) is 11.8 Å². The van der Waals surface area contributed by atoms with Crippen molar-refractivity contribution in [2.45, 2.75) is 33.7 Å². The Balaban J connectivity index is 2.12. The van der Waals surface area contributed by atoms with Crippen LogP contribution in [0.1, 0.15) is 30.5 Å². The fraction of sp³-hybridized carbons (Fsp3) is 0.316. The Bertz CT molecular complexity index is 714. The molecule has 2 rings (SSSR count). The van der Waals surface area contributed by atoms with Gasteiger partial charge in [-0.1, -0.05) is 31.2 Å². The van der Waals surface area contributed by atoms with Gasteiger partial charge in [-0.15, -0.1) is 0 Å². The third-order valence-corrected chi connectivity index (χ3v) is 3.87. The maximum atomic E-state index is 12.3. The molecule has 0 unspecified atom stereocenters. The minimum Gasteiger partial charge on any atom is -0.350 e. The number of pyridine rings is 1. The number of amides is 2. The highest BCUT2D eigenvalue weighted by molar-refractivity contribution is 5.98. The summed E-state index contributed by atoms with van der Waals surface area (Å²) < 4.78 is 0. The fourth-order valence-corrected chi connectivity index (χ4v) is 2.64. The minimum absolute atomic E-state index is 0.00739. The molecule has 126 valence electrons. The number of benzene rings is 1. The van der Waals surface area contributed by atoms with Gasteiger partial charge in [-0.25, -0.2) is 0 Å². The predicted molar refractivity (Wildman–Crippen MR) is 94.7 cm³/mol. The number of anilines is 1. The van der Waals surface area contributed by atoms with Crippen LogP contribution in [0.5, 0.6) is 0 Å². The topological polar surface area (TPSA) is 62.3 Å². The van der Waals surface area contributed by atoms with Crippen molar-refractivity contribution in [1.29, 1.82) is 0 Å². The van der Waals surface area contributed by atoms with Gasteiger partial charge in [-0.05, 0) is 36.1 Å². The van der Waals surface area contributed by atoms with Crippen molar-refractivity contribution >= 4 is 17.5 Å². The molecule has 0 bridgehead atoms. The summed E-state index contributed by atoms with van der Waals surface area (Å²) in [7, 11) is 0. The molecule has 0 atom stereocenters. The molecule has 5 nitrogen and oxygen atoms in total. The van der Waals surface area contributed by atoms with Crippen molar-refractivity contribution in [3.63, 3.8) is 0 Å². The second kappa shape index (κ2) is 8.24. The first-order valence-corrected chi connectivity index (χ1v) is 8.05. The average Bonchev–Trinajstić information content (AvgIpc) is 2.58. The van der Waals surface area contributed by atoms with E-state index in [1.54, 1.807) is 17.3 Å². The molecule has 2 amide bonds. The quantitative estimate of drug-likeness (QED) is 0.888. The smallest absolute Gasteiger partial charge is 0.240 e. The van der Waals surface area contributed by atoms with Crippen LogP contribution in [0.25, 0.3) is 0 Å². The minimum atomic E-state index is -0.195. The number of hydrogen-bond acceptors (Lipinski definition) is 3. The maximum Gasteiger partial charge on any atom is 0.240 e. The van der Waals surface area contributed by atoms with Crippen LogP contribution in [0.2, 0.25) is 0 Å². The molecule has 2 aromatic rings. The van der Waals surface area contributed by atoms with E-state index in [9.17, 15) is 9.59 Å². The van der Waals surface area contributed by atoms with Crippen molar-refractivity contribution in [3.05, 3.63) is 59.4 Å². The molecular weight excluding hydrogens is 302 g/mol. The van der Waals surface area contributed by atoms with Crippen LogP contribution < -0.4 is 10.2 Å². The molecule has 24 heavy (non-hydrogen) atoms. The van der Waals surface area contributed by atoms with Crippen molar-refractivity contribution in [3.8, 4) is 0 Å². The van der Waals surface area contributed by atoms with Crippen LogP contribution >= 0.6 is 0 Å². The Morgan fingerprint density at radius 1 is 1.21 bits per heavy atom. The van der Waals surface area contributed by atoms with E-state index in [4.69, 9.17) is 0 Å². The number of para-hydroxylation sites is 1. The molecule has 0 aliphatic heterocycles. The van der Waals surface area contributed by atoms with Gasteiger partial charge in [0.1, 0.15) is 6.54 Å². The molecule has 5 heteroatoms. The average molecular weight is 325 g/mol. The summed E-state index contributed by atoms with van der Waals surface area (Å²) in [5.74, 6) is -0.338. The second-order valence-corrected chi connectivity index (χ2v) is 5.68. The van der Waals surface area contributed by atoms with E-state index in [0.29, 0.717) is 6.54 Å². The van der Waals surface area contributed by atoms with E-state index in [2.05, 4.69) is 10.3 Å². The SMILES string of the molecule is CCc1cccc(C)c1N(CC(=O)NCc1cccnc1)C(C)=O. The van der Waals surface area contributed by atoms with Gasteiger partial charge in [-0.2, -0.15) is 0 Å². The number of carbonyl (C=O) groups is 2. The fourth-order valence-electron chi connectivity index (χ4n) is 2.64. The van der Waals surface area contributed by atoms with Crippen LogP contribution in [0.15, 0.2) is 42.7 Å². The number of nitrogens with one attached hydrogen (secondary N) is 1. The summed E-state index contributed by atoms with van der Waals surface area (Å²) in [5.41, 5.74) is 3.81. The van der Waals surface area contributed by atoms with Gasteiger partial charge in [0.25, 0.3) is 0 Å². The van der Waals surface area contributed by atoms with E-state index < -0.39 is 0 Å². The molecule has 1 aromatic heterocycles. The van der Waals surface area contributed by atoms with E-state index in [-0.39, 0.29) is 18.4 Å². The Morgan fingerprint density at radius 3 is 2.62 bits per heavy atom. The lowest BCUT2D eigenvalue weighted by Gasteiger charge is -2.25. The van der Waals surface area contributed by atoms with Crippen LogP contribution in [0.3, 0.4) is 0 Å². The standard InChI is InChI=1S/C19H23N3O2/c1-4-17-9-5-7-14(2)19(17)22(15(3)23)13-18(24)21-12-16-8-6-10-20-11-16/h5-11H,4,12-13H2,1-3H3,(H,21,24). The molecule has 1 aromatic carbocycles. The first-order valence-electron chi connectivity index (χ1n) is 8.05. The maximum absolute atomic E-state index is 12.3. The zero-order valence-electron chi connectivity index (χ0n) is 14.4. The highest BCUT2D eigenvalue weighted by atomic mass is 16.2. The third kappa shape index (κ3) is 4.41. The Kier molecular flexibility index (Phi) is 6.07. The highest BCUT2D eigenvalue weighted by Gasteiger charge is 2.19. The number of rotatable bonds is 6. The molecule has 0 saturated heterocycles. The number of aromatic nitrogens is 1. The third-order valence-electron chi connectivity index (χ3n) is 3.87. The van der Waals surface area contributed by atoms with Gasteiger partial charge < -0.3 is 10.2 Å². The lowest BCUT2D eigenvalue weighted by atomic mass is 10.0. The van der Waals surface area contributed by atoms with Gasteiger partial charge in [0, 0.05) is 25.9 Å². The van der Waals surface area contributed by atoms with Crippen molar-refractivity contribution in [2.75, 3.05) is 11.4 Å². The summed E-state index contributed by atoms with van der Waals surface area (Å²) in [4.78, 5) is 30.0. The number of aryl methyl sites for hydroxylation is 2. The summed E-state index contributed by atoms with van der Waals surface area (Å²) in [6.07, 6.45) is 4.20. The lowest BCUT2D eigenvalue weighted by molar-refractivity contribution is -0.123. The number of carbonyl (C=O) groups excluding carboxylic acids is 2. The predicted octanol–water partition coefficient (Wildman–Crippen LogP) is 2.62. The largest absolute Gasteiger partial charge is 0.350 e. The van der Waals surface area contributed by atoms with Crippen LogP contribution in [-0.2, 0) is 22.6 Å². The zero-order chi connectivity index (χ0) is 17.5. The van der Waals surface area contributed by atoms with Crippen molar-refractivity contribution < 1.29 is 9.59 Å². The van der Waals surface area contributed by atoms with E-state index >= 15 is 0 Å². The van der Waals surface area contributed by atoms with E-state index in [1.165, 1.54) is 6.92 Å². The summed E-state index contributed by atoms with van der Waals surface area (Å²) >= 11 is 0. The van der Waals surface area contributed by atoms with Gasteiger partial charge in [0.05, 0.1) is 5.69 Å². The van der Waals surface area contributed by atoms with Crippen molar-refractivity contribution in [1.82, 2.24) is 10.3 Å². The molecule has 1 N–H and O–H groups in total. The molecule has 0 aliphatic rings. The molecule has 0 fully saturated rings. The van der Waals surface area contributed by atoms with Crippen LogP contribution in [0.4, 0.5) is 5.69 Å². The van der Waals surface area contributed by atoms with Crippen molar-refractivity contribution in [2.24, 2.45) is 0 Å². The molecular formula is C19H23N3O2. The molecule has 0 spiro atoms. The highest BCUT2D eigenvalue weighted by Crippen LogP contribution is 2.25. The first kappa shape index (κ1) is 17.7. The van der Waals surface area contributed by atoms with E-state index in [0.717, 1.165) is 28.8 Å². The van der Waals surface area contributed by atoms with Gasteiger partial charge >= 0.3 is 0 Å². The monoisotopic (exact) mass is 325 g/mol. The van der Waals surface area contributed by atoms with Gasteiger partial charge in [-0.3, -0.25) is 14.6 Å². The summed E-state index contributed by atoms with van der Waals surface area (Å²) in [5, 5.41) is 2.84. The molecule has 0 aliphatic carbocycles. The first-order chi connectivity index (χ1) is 11.5. The molecule has 1 heterocycles.